The first-order valence-corrected chi connectivity index (χ1v) is 8.02. The van der Waals surface area contributed by atoms with E-state index in [1.54, 1.807) is 0 Å². The van der Waals surface area contributed by atoms with E-state index < -0.39 is 0 Å². The molecule has 0 aliphatic rings. The van der Waals surface area contributed by atoms with Crippen LogP contribution in [0.3, 0.4) is 0 Å². The van der Waals surface area contributed by atoms with Crippen molar-refractivity contribution in [1.29, 1.82) is 0 Å². The summed E-state index contributed by atoms with van der Waals surface area (Å²) in [5, 5.41) is 3.54. The summed E-state index contributed by atoms with van der Waals surface area (Å²) in [4.78, 5) is 2.22. The molecule has 0 rings (SSSR count). The second-order valence-electron chi connectivity index (χ2n) is 8.52. The largest absolute Gasteiger partial charge is 0.388 e. The summed E-state index contributed by atoms with van der Waals surface area (Å²) in [7, 11) is 4.23. The number of hydrogen-bond acceptors (Lipinski definition) is 2. The van der Waals surface area contributed by atoms with E-state index in [0.717, 1.165) is 24.7 Å². The van der Waals surface area contributed by atoms with Crippen LogP contribution in [0.15, 0.2) is 12.3 Å². The zero-order valence-corrected chi connectivity index (χ0v) is 15.3. The molecule has 2 nitrogen and oxygen atoms in total. The molecule has 0 bridgehead atoms. The highest BCUT2D eigenvalue weighted by atomic mass is 15.1. The van der Waals surface area contributed by atoms with Crippen molar-refractivity contribution in [1.82, 2.24) is 10.2 Å². The monoisotopic (exact) mass is 282 g/mol. The molecular formula is C18H38N2. The Labute approximate surface area is 128 Å². The van der Waals surface area contributed by atoms with Gasteiger partial charge in [0.15, 0.2) is 0 Å². The Morgan fingerprint density at radius 3 is 2.10 bits per heavy atom. The van der Waals surface area contributed by atoms with Crippen molar-refractivity contribution in [2.45, 2.75) is 60.8 Å². The Balaban J connectivity index is 3.97. The Morgan fingerprint density at radius 2 is 1.65 bits per heavy atom. The molecule has 1 atom stereocenters. The van der Waals surface area contributed by atoms with E-state index in [4.69, 9.17) is 0 Å². The molecular weight excluding hydrogens is 244 g/mol. The van der Waals surface area contributed by atoms with Gasteiger partial charge in [0.1, 0.15) is 0 Å². The normalized spacial score (nSPS) is 14.4. The average Bonchev–Trinajstić information content (AvgIpc) is 2.23. The summed E-state index contributed by atoms with van der Waals surface area (Å²) in [5.41, 5.74) is 1.74. The quantitative estimate of drug-likeness (QED) is 0.668. The summed E-state index contributed by atoms with van der Waals surface area (Å²) in [5.74, 6) is 0.784. The van der Waals surface area contributed by atoms with Crippen molar-refractivity contribution in [3.63, 3.8) is 0 Å². The fourth-order valence-electron chi connectivity index (χ4n) is 2.42. The zero-order valence-electron chi connectivity index (χ0n) is 15.3. The van der Waals surface area contributed by atoms with E-state index in [-0.39, 0.29) is 5.41 Å². The lowest BCUT2D eigenvalue weighted by Gasteiger charge is -2.31. The molecule has 1 unspecified atom stereocenters. The average molecular weight is 283 g/mol. The fraction of sp³-hybridized carbons (Fsp3) is 0.889. The van der Waals surface area contributed by atoms with Crippen LogP contribution in [0.2, 0.25) is 0 Å². The minimum atomic E-state index is 0.123. The van der Waals surface area contributed by atoms with Gasteiger partial charge in [-0.3, -0.25) is 0 Å². The maximum absolute atomic E-state index is 4.22. The molecule has 0 spiro atoms. The molecule has 20 heavy (non-hydrogen) atoms. The van der Waals surface area contributed by atoms with Crippen molar-refractivity contribution in [3.05, 3.63) is 12.3 Å². The van der Waals surface area contributed by atoms with E-state index >= 15 is 0 Å². The zero-order chi connectivity index (χ0) is 16.0. The first-order valence-electron chi connectivity index (χ1n) is 8.02. The molecule has 0 aromatic carbocycles. The Kier molecular flexibility index (Phi) is 7.87. The molecule has 0 saturated carbocycles. The van der Waals surface area contributed by atoms with Gasteiger partial charge < -0.3 is 10.2 Å². The van der Waals surface area contributed by atoms with Crippen LogP contribution in [0.4, 0.5) is 0 Å². The lowest BCUT2D eigenvalue weighted by molar-refractivity contribution is 0.267. The van der Waals surface area contributed by atoms with Crippen molar-refractivity contribution in [3.8, 4) is 0 Å². The van der Waals surface area contributed by atoms with Crippen LogP contribution in [0.25, 0.3) is 0 Å². The minimum absolute atomic E-state index is 0.123. The lowest BCUT2D eigenvalue weighted by Crippen LogP contribution is -2.35. The van der Waals surface area contributed by atoms with Crippen LogP contribution in [-0.4, -0.2) is 32.1 Å². The van der Waals surface area contributed by atoms with Gasteiger partial charge in [-0.2, -0.15) is 0 Å². The molecule has 0 aliphatic carbocycles. The number of nitrogens with zero attached hydrogens (tertiary/aromatic N) is 1. The number of rotatable bonds is 9. The highest BCUT2D eigenvalue weighted by Crippen LogP contribution is 2.25. The van der Waals surface area contributed by atoms with Gasteiger partial charge in [0, 0.05) is 24.2 Å². The molecule has 0 radical (unpaired) electrons. The molecule has 120 valence electrons. The molecule has 0 saturated heterocycles. The van der Waals surface area contributed by atoms with E-state index in [1.807, 2.05) is 0 Å². The van der Waals surface area contributed by atoms with Crippen LogP contribution in [0, 0.1) is 16.7 Å². The summed E-state index contributed by atoms with van der Waals surface area (Å²) in [6, 6.07) is 0. The van der Waals surface area contributed by atoms with Gasteiger partial charge in [-0.05, 0) is 38.3 Å². The SMILES string of the molecule is C=C(NCCC(C)CCC(C)(C)C)C(C)(C)CN(C)C. The van der Waals surface area contributed by atoms with Gasteiger partial charge in [0.05, 0.1) is 0 Å². The molecule has 2 heteroatoms. The first-order chi connectivity index (χ1) is 8.94. The van der Waals surface area contributed by atoms with Gasteiger partial charge in [-0.15, -0.1) is 0 Å². The highest BCUT2D eigenvalue weighted by molar-refractivity contribution is 5.05. The van der Waals surface area contributed by atoms with Crippen molar-refractivity contribution < 1.29 is 0 Å². The second-order valence-corrected chi connectivity index (χ2v) is 8.52. The highest BCUT2D eigenvalue weighted by Gasteiger charge is 2.22. The van der Waals surface area contributed by atoms with Crippen LogP contribution in [-0.2, 0) is 0 Å². The summed E-state index contributed by atoms with van der Waals surface area (Å²) < 4.78 is 0. The van der Waals surface area contributed by atoms with Gasteiger partial charge in [-0.25, -0.2) is 0 Å². The molecule has 0 aromatic heterocycles. The lowest BCUT2D eigenvalue weighted by atomic mass is 9.86. The van der Waals surface area contributed by atoms with Crippen molar-refractivity contribution in [2.75, 3.05) is 27.2 Å². The predicted molar refractivity (Wildman–Crippen MR) is 91.9 cm³/mol. The van der Waals surface area contributed by atoms with Gasteiger partial charge >= 0.3 is 0 Å². The summed E-state index contributed by atoms with van der Waals surface area (Å²) in [6.07, 6.45) is 3.85. The van der Waals surface area contributed by atoms with E-state index in [2.05, 4.69) is 72.4 Å². The summed E-state index contributed by atoms with van der Waals surface area (Å²) in [6.45, 7) is 20.1. The van der Waals surface area contributed by atoms with E-state index in [9.17, 15) is 0 Å². The van der Waals surface area contributed by atoms with Gasteiger partial charge in [0.2, 0.25) is 0 Å². The predicted octanol–water partition coefficient (Wildman–Crippen LogP) is 4.53. The number of nitrogens with one attached hydrogen (secondary N) is 1. The molecule has 1 N–H and O–H groups in total. The topological polar surface area (TPSA) is 15.3 Å². The van der Waals surface area contributed by atoms with E-state index in [1.165, 1.54) is 19.3 Å². The standard InChI is InChI=1S/C18H38N2/c1-15(10-12-17(3,4)5)11-13-19-16(2)18(6,7)14-20(8)9/h15,19H,2,10-14H2,1,3-9H3. The second kappa shape index (κ2) is 8.07. The molecule has 0 aliphatic heterocycles. The van der Waals surface area contributed by atoms with Gasteiger partial charge in [-0.1, -0.05) is 54.5 Å². The van der Waals surface area contributed by atoms with Crippen molar-refractivity contribution in [2.24, 2.45) is 16.7 Å². The minimum Gasteiger partial charge on any atom is -0.388 e. The fourth-order valence-corrected chi connectivity index (χ4v) is 2.42. The Bertz CT molecular complexity index is 284. The van der Waals surface area contributed by atoms with Crippen LogP contribution < -0.4 is 5.32 Å². The first kappa shape index (κ1) is 19.5. The smallest absolute Gasteiger partial charge is 0.0165 e. The maximum Gasteiger partial charge on any atom is 0.0165 e. The maximum atomic E-state index is 4.22. The Morgan fingerprint density at radius 1 is 1.10 bits per heavy atom. The molecule has 0 aromatic rings. The van der Waals surface area contributed by atoms with Crippen molar-refractivity contribution >= 4 is 0 Å². The van der Waals surface area contributed by atoms with E-state index in [0.29, 0.717) is 5.41 Å². The third-order valence-corrected chi connectivity index (χ3v) is 3.89. The van der Waals surface area contributed by atoms with Crippen LogP contribution in [0.1, 0.15) is 60.8 Å². The number of hydrogen-bond donors (Lipinski definition) is 1. The van der Waals surface area contributed by atoms with Crippen LogP contribution >= 0.6 is 0 Å². The molecule has 0 heterocycles. The van der Waals surface area contributed by atoms with Crippen LogP contribution in [0.5, 0.6) is 0 Å². The summed E-state index contributed by atoms with van der Waals surface area (Å²) >= 11 is 0. The van der Waals surface area contributed by atoms with Gasteiger partial charge in [0.25, 0.3) is 0 Å². The molecule has 0 fully saturated rings. The molecule has 0 amide bonds. The third kappa shape index (κ3) is 9.41. The third-order valence-electron chi connectivity index (χ3n) is 3.89. The Hall–Kier alpha value is -0.500.